The number of methoxy groups -OCH3 is 2. The molecule has 16 heavy (non-hydrogen) atoms. The summed E-state index contributed by atoms with van der Waals surface area (Å²) in [6.45, 7) is -0.130. The summed E-state index contributed by atoms with van der Waals surface area (Å²) in [7, 11) is 3.10. The number of rotatable bonds is 6. The third-order valence-corrected chi connectivity index (χ3v) is 1.98. The molecule has 0 saturated carbocycles. The predicted octanol–water partition coefficient (Wildman–Crippen LogP) is 1.30. The van der Waals surface area contributed by atoms with E-state index in [4.69, 9.17) is 19.3 Å². The van der Waals surface area contributed by atoms with Gasteiger partial charge >= 0.3 is 5.97 Å². The molecule has 0 fully saturated rings. The van der Waals surface area contributed by atoms with Crippen LogP contribution in [0.1, 0.15) is 5.56 Å². The molecule has 0 amide bonds. The van der Waals surface area contributed by atoms with Crippen LogP contribution in [-0.4, -0.2) is 31.9 Å². The Morgan fingerprint density at radius 1 is 1.31 bits per heavy atom. The lowest BCUT2D eigenvalue weighted by Crippen LogP contribution is -2.07. The van der Waals surface area contributed by atoms with Gasteiger partial charge in [-0.2, -0.15) is 0 Å². The molecule has 1 aromatic rings. The molecule has 1 aromatic carbocycles. The molecule has 1 N–H and O–H groups in total. The minimum Gasteiger partial charge on any atom is -0.497 e. The molecule has 88 valence electrons. The SMILES string of the molecule is COc1ccc(COCC(=O)O)c(OC)c1. The van der Waals surface area contributed by atoms with Crippen molar-refractivity contribution in [3.63, 3.8) is 0 Å². The molecule has 0 heterocycles. The van der Waals surface area contributed by atoms with Crippen molar-refractivity contribution in [3.05, 3.63) is 23.8 Å². The van der Waals surface area contributed by atoms with Crippen molar-refractivity contribution in [3.8, 4) is 11.5 Å². The fourth-order valence-corrected chi connectivity index (χ4v) is 1.22. The quantitative estimate of drug-likeness (QED) is 0.792. The number of carbonyl (C=O) groups is 1. The summed E-state index contributed by atoms with van der Waals surface area (Å²) in [5.74, 6) is 0.302. The standard InChI is InChI=1S/C11H14O5/c1-14-9-4-3-8(10(5-9)15-2)6-16-7-11(12)13/h3-5H,6-7H2,1-2H3,(H,12,13). The molecule has 0 spiro atoms. The van der Waals surface area contributed by atoms with Crippen LogP contribution in [0.3, 0.4) is 0 Å². The fraction of sp³-hybridized carbons (Fsp3) is 0.364. The summed E-state index contributed by atoms with van der Waals surface area (Å²) in [6, 6.07) is 5.26. The van der Waals surface area contributed by atoms with E-state index in [2.05, 4.69) is 0 Å². The average Bonchev–Trinajstić information content (AvgIpc) is 2.29. The Kier molecular flexibility index (Phi) is 4.60. The molecule has 0 aromatic heterocycles. The van der Waals surface area contributed by atoms with Crippen LogP contribution in [0.5, 0.6) is 11.5 Å². The van der Waals surface area contributed by atoms with E-state index in [1.165, 1.54) is 7.11 Å². The number of hydrogen-bond acceptors (Lipinski definition) is 4. The van der Waals surface area contributed by atoms with Gasteiger partial charge in [0.05, 0.1) is 20.8 Å². The fourth-order valence-electron chi connectivity index (χ4n) is 1.22. The maximum Gasteiger partial charge on any atom is 0.329 e. The zero-order valence-corrected chi connectivity index (χ0v) is 9.23. The van der Waals surface area contributed by atoms with Gasteiger partial charge in [0.2, 0.25) is 0 Å². The monoisotopic (exact) mass is 226 g/mol. The molecular formula is C11H14O5. The Hall–Kier alpha value is -1.75. The van der Waals surface area contributed by atoms with Gasteiger partial charge in [0.15, 0.2) is 0 Å². The summed E-state index contributed by atoms with van der Waals surface area (Å²) in [6.07, 6.45) is 0. The molecule has 5 nitrogen and oxygen atoms in total. The minimum atomic E-state index is -0.993. The van der Waals surface area contributed by atoms with Gasteiger partial charge in [0.25, 0.3) is 0 Å². The number of ether oxygens (including phenoxy) is 3. The second-order valence-electron chi connectivity index (χ2n) is 3.06. The summed E-state index contributed by atoms with van der Waals surface area (Å²) in [4.78, 5) is 10.3. The Bertz CT molecular complexity index is 361. The van der Waals surface area contributed by atoms with E-state index >= 15 is 0 Å². The lowest BCUT2D eigenvalue weighted by Gasteiger charge is -2.09. The van der Waals surface area contributed by atoms with E-state index in [0.717, 1.165) is 5.56 Å². The van der Waals surface area contributed by atoms with E-state index < -0.39 is 5.97 Å². The van der Waals surface area contributed by atoms with Crippen LogP contribution in [0.25, 0.3) is 0 Å². The lowest BCUT2D eigenvalue weighted by atomic mass is 10.2. The van der Waals surface area contributed by atoms with Crippen molar-refractivity contribution in [2.24, 2.45) is 0 Å². The van der Waals surface area contributed by atoms with Gasteiger partial charge in [-0.1, -0.05) is 0 Å². The number of aliphatic carboxylic acids is 1. The van der Waals surface area contributed by atoms with Crippen molar-refractivity contribution < 1.29 is 24.1 Å². The van der Waals surface area contributed by atoms with Crippen molar-refractivity contribution in [1.29, 1.82) is 0 Å². The van der Waals surface area contributed by atoms with E-state index in [9.17, 15) is 4.79 Å². The van der Waals surface area contributed by atoms with E-state index in [1.807, 2.05) is 0 Å². The number of hydrogen-bond donors (Lipinski definition) is 1. The third-order valence-electron chi connectivity index (χ3n) is 1.98. The maximum absolute atomic E-state index is 10.3. The number of carboxylic acid groups (broad SMARTS) is 1. The van der Waals surface area contributed by atoms with Gasteiger partial charge in [0, 0.05) is 11.6 Å². The molecule has 0 saturated heterocycles. The highest BCUT2D eigenvalue weighted by molar-refractivity contribution is 5.68. The number of carboxylic acids is 1. The molecule has 0 radical (unpaired) electrons. The summed E-state index contributed by atoms with van der Waals surface area (Å²) in [5, 5.41) is 8.42. The van der Waals surface area contributed by atoms with E-state index in [1.54, 1.807) is 25.3 Å². The van der Waals surface area contributed by atoms with Crippen LogP contribution in [0.4, 0.5) is 0 Å². The first-order valence-corrected chi connectivity index (χ1v) is 4.67. The summed E-state index contributed by atoms with van der Waals surface area (Å²) >= 11 is 0. The topological polar surface area (TPSA) is 65.0 Å². The second kappa shape index (κ2) is 5.97. The zero-order chi connectivity index (χ0) is 12.0. The smallest absolute Gasteiger partial charge is 0.329 e. The average molecular weight is 226 g/mol. The molecule has 0 atom stereocenters. The molecule has 0 bridgehead atoms. The molecule has 0 unspecified atom stereocenters. The van der Waals surface area contributed by atoms with E-state index in [-0.39, 0.29) is 13.2 Å². The van der Waals surface area contributed by atoms with Gasteiger partial charge < -0.3 is 19.3 Å². The maximum atomic E-state index is 10.3. The van der Waals surface area contributed by atoms with Gasteiger partial charge in [0.1, 0.15) is 18.1 Å². The number of benzene rings is 1. The Labute approximate surface area is 93.6 Å². The van der Waals surface area contributed by atoms with Crippen molar-refractivity contribution in [2.45, 2.75) is 6.61 Å². The second-order valence-corrected chi connectivity index (χ2v) is 3.06. The first-order valence-electron chi connectivity index (χ1n) is 4.67. The highest BCUT2D eigenvalue weighted by Crippen LogP contribution is 2.24. The summed E-state index contributed by atoms with van der Waals surface area (Å²) < 4.78 is 15.2. The highest BCUT2D eigenvalue weighted by Gasteiger charge is 2.06. The van der Waals surface area contributed by atoms with Crippen LogP contribution in [0.2, 0.25) is 0 Å². The Morgan fingerprint density at radius 3 is 2.62 bits per heavy atom. The van der Waals surface area contributed by atoms with Crippen LogP contribution in [-0.2, 0) is 16.1 Å². The Balaban J connectivity index is 2.68. The molecule has 5 heteroatoms. The van der Waals surface area contributed by atoms with Crippen molar-refractivity contribution in [1.82, 2.24) is 0 Å². The van der Waals surface area contributed by atoms with Gasteiger partial charge in [-0.15, -0.1) is 0 Å². The van der Waals surface area contributed by atoms with Crippen LogP contribution < -0.4 is 9.47 Å². The summed E-state index contributed by atoms with van der Waals surface area (Å²) in [5.41, 5.74) is 0.782. The molecule has 0 aliphatic carbocycles. The van der Waals surface area contributed by atoms with Crippen molar-refractivity contribution >= 4 is 5.97 Å². The first kappa shape index (κ1) is 12.3. The lowest BCUT2D eigenvalue weighted by molar-refractivity contribution is -0.142. The third kappa shape index (κ3) is 3.43. The first-order chi connectivity index (χ1) is 7.67. The molecular weight excluding hydrogens is 212 g/mol. The van der Waals surface area contributed by atoms with E-state index in [0.29, 0.717) is 11.5 Å². The molecule has 0 aliphatic rings. The van der Waals surface area contributed by atoms with Crippen molar-refractivity contribution in [2.75, 3.05) is 20.8 Å². The highest BCUT2D eigenvalue weighted by atomic mass is 16.5. The zero-order valence-electron chi connectivity index (χ0n) is 9.23. The van der Waals surface area contributed by atoms with Gasteiger partial charge in [-0.25, -0.2) is 4.79 Å². The largest absolute Gasteiger partial charge is 0.497 e. The minimum absolute atomic E-state index is 0.194. The normalized spacial score (nSPS) is 9.88. The van der Waals surface area contributed by atoms with Crippen LogP contribution in [0.15, 0.2) is 18.2 Å². The van der Waals surface area contributed by atoms with Gasteiger partial charge in [-0.05, 0) is 12.1 Å². The molecule has 1 rings (SSSR count). The molecule has 0 aliphatic heterocycles. The van der Waals surface area contributed by atoms with Gasteiger partial charge in [-0.3, -0.25) is 0 Å². The predicted molar refractivity (Wildman–Crippen MR) is 56.8 cm³/mol. The van der Waals surface area contributed by atoms with Crippen LogP contribution >= 0.6 is 0 Å². The Morgan fingerprint density at radius 2 is 2.06 bits per heavy atom. The van der Waals surface area contributed by atoms with Crippen LogP contribution in [0, 0.1) is 0 Å².